The summed E-state index contributed by atoms with van der Waals surface area (Å²) in [6.45, 7) is 3.36. The normalized spacial score (nSPS) is 39.2. The predicted molar refractivity (Wildman–Crippen MR) is 72.0 cm³/mol. The quantitative estimate of drug-likeness (QED) is 0.760. The highest BCUT2D eigenvalue weighted by atomic mass is 16.5. The van der Waals surface area contributed by atoms with E-state index in [4.69, 9.17) is 10.5 Å². The minimum atomic E-state index is 0.142. The molecule has 1 aliphatic carbocycles. The monoisotopic (exact) mass is 239 g/mol. The van der Waals surface area contributed by atoms with Crippen LogP contribution in [0.3, 0.4) is 0 Å². The lowest BCUT2D eigenvalue weighted by Gasteiger charge is -2.28. The van der Waals surface area contributed by atoms with Gasteiger partial charge in [-0.3, -0.25) is 0 Å². The summed E-state index contributed by atoms with van der Waals surface area (Å²) in [6.07, 6.45) is 13.3. The Morgan fingerprint density at radius 3 is 2.82 bits per heavy atom. The first-order valence-corrected chi connectivity index (χ1v) is 7.58. The van der Waals surface area contributed by atoms with Crippen molar-refractivity contribution >= 4 is 0 Å². The Morgan fingerprint density at radius 1 is 1.18 bits per heavy atom. The Morgan fingerprint density at radius 2 is 2.06 bits per heavy atom. The number of rotatable bonds is 4. The predicted octanol–water partition coefficient (Wildman–Crippen LogP) is 3.63. The first kappa shape index (κ1) is 13.4. The molecule has 2 heteroatoms. The molecule has 1 heterocycles. The van der Waals surface area contributed by atoms with Crippen LogP contribution in [0.4, 0.5) is 0 Å². The molecule has 2 nitrogen and oxygen atoms in total. The van der Waals surface area contributed by atoms with Gasteiger partial charge in [0.15, 0.2) is 0 Å². The molecule has 100 valence electrons. The van der Waals surface area contributed by atoms with Crippen LogP contribution in [-0.4, -0.2) is 18.2 Å². The van der Waals surface area contributed by atoms with Crippen molar-refractivity contribution in [2.24, 2.45) is 11.7 Å². The lowest BCUT2D eigenvalue weighted by molar-refractivity contribution is 0.0996. The first-order valence-electron chi connectivity index (χ1n) is 7.58. The van der Waals surface area contributed by atoms with E-state index in [2.05, 4.69) is 6.92 Å². The summed E-state index contributed by atoms with van der Waals surface area (Å²) >= 11 is 0. The van der Waals surface area contributed by atoms with Crippen molar-refractivity contribution in [3.63, 3.8) is 0 Å². The summed E-state index contributed by atoms with van der Waals surface area (Å²) < 4.78 is 5.68. The fourth-order valence-corrected chi connectivity index (χ4v) is 3.41. The van der Waals surface area contributed by atoms with E-state index < -0.39 is 0 Å². The maximum atomic E-state index is 6.57. The van der Waals surface area contributed by atoms with Crippen LogP contribution in [-0.2, 0) is 4.74 Å². The van der Waals surface area contributed by atoms with Gasteiger partial charge < -0.3 is 10.5 Å². The molecule has 0 aromatic carbocycles. The van der Waals surface area contributed by atoms with Crippen molar-refractivity contribution in [1.82, 2.24) is 0 Å². The van der Waals surface area contributed by atoms with Gasteiger partial charge in [0.1, 0.15) is 0 Å². The van der Waals surface area contributed by atoms with Crippen molar-refractivity contribution < 1.29 is 4.74 Å². The van der Waals surface area contributed by atoms with Crippen molar-refractivity contribution in [1.29, 1.82) is 0 Å². The second-order valence-corrected chi connectivity index (χ2v) is 6.43. The van der Waals surface area contributed by atoms with Crippen LogP contribution in [0.2, 0.25) is 0 Å². The van der Waals surface area contributed by atoms with E-state index in [1.54, 1.807) is 0 Å². The highest BCUT2D eigenvalue weighted by Gasteiger charge is 2.28. The summed E-state index contributed by atoms with van der Waals surface area (Å²) in [5.74, 6) is 0.888. The Labute approximate surface area is 106 Å². The van der Waals surface area contributed by atoms with E-state index in [-0.39, 0.29) is 5.54 Å². The molecule has 0 amide bonds. The van der Waals surface area contributed by atoms with Gasteiger partial charge in [-0.15, -0.1) is 0 Å². The molecule has 17 heavy (non-hydrogen) atoms. The topological polar surface area (TPSA) is 35.2 Å². The third-order valence-electron chi connectivity index (χ3n) is 4.73. The molecule has 2 aliphatic rings. The lowest BCUT2D eigenvalue weighted by Crippen LogP contribution is -2.39. The molecule has 0 spiro atoms. The number of nitrogens with two attached hydrogens (primary N) is 1. The number of hydrogen-bond donors (Lipinski definition) is 1. The Kier molecular flexibility index (Phi) is 4.87. The van der Waals surface area contributed by atoms with Gasteiger partial charge in [0.2, 0.25) is 0 Å². The zero-order valence-electron chi connectivity index (χ0n) is 11.4. The summed E-state index contributed by atoms with van der Waals surface area (Å²) in [4.78, 5) is 0. The standard InChI is InChI=1S/C15H29NO/c1-13-5-2-9-15(16,11-8-13)10-3-6-14-7-4-12-17-14/h13-14H,2-12,16H2,1H3. The van der Waals surface area contributed by atoms with Gasteiger partial charge in [0, 0.05) is 12.1 Å². The third-order valence-corrected chi connectivity index (χ3v) is 4.73. The van der Waals surface area contributed by atoms with Crippen LogP contribution in [0.1, 0.15) is 71.1 Å². The summed E-state index contributed by atoms with van der Waals surface area (Å²) in [5.41, 5.74) is 6.71. The maximum Gasteiger partial charge on any atom is 0.0576 e. The van der Waals surface area contributed by atoms with Gasteiger partial charge in [-0.2, -0.15) is 0 Å². The van der Waals surface area contributed by atoms with Crippen molar-refractivity contribution in [2.75, 3.05) is 6.61 Å². The first-order chi connectivity index (χ1) is 8.18. The van der Waals surface area contributed by atoms with Gasteiger partial charge in [-0.25, -0.2) is 0 Å². The van der Waals surface area contributed by atoms with Crippen molar-refractivity contribution in [2.45, 2.75) is 82.8 Å². The Bertz CT molecular complexity index is 225. The van der Waals surface area contributed by atoms with Crippen molar-refractivity contribution in [3.8, 4) is 0 Å². The van der Waals surface area contributed by atoms with Crippen LogP contribution in [0.15, 0.2) is 0 Å². The fourth-order valence-electron chi connectivity index (χ4n) is 3.41. The molecular formula is C15H29NO. The SMILES string of the molecule is CC1CCCC(N)(CCCC2CCCO2)CC1. The summed E-state index contributed by atoms with van der Waals surface area (Å²) in [7, 11) is 0. The van der Waals surface area contributed by atoms with E-state index in [9.17, 15) is 0 Å². The minimum Gasteiger partial charge on any atom is -0.378 e. The maximum absolute atomic E-state index is 6.57. The molecule has 0 aromatic heterocycles. The molecule has 1 aliphatic heterocycles. The van der Waals surface area contributed by atoms with Gasteiger partial charge in [-0.05, 0) is 57.3 Å². The number of ether oxygens (including phenoxy) is 1. The van der Waals surface area contributed by atoms with Crippen LogP contribution >= 0.6 is 0 Å². The molecule has 2 rings (SSSR count). The lowest BCUT2D eigenvalue weighted by atomic mass is 9.85. The van der Waals surface area contributed by atoms with Crippen LogP contribution < -0.4 is 5.73 Å². The molecule has 1 saturated heterocycles. The Hall–Kier alpha value is -0.0800. The third kappa shape index (κ3) is 4.26. The van der Waals surface area contributed by atoms with Gasteiger partial charge >= 0.3 is 0 Å². The van der Waals surface area contributed by atoms with Crippen molar-refractivity contribution in [3.05, 3.63) is 0 Å². The smallest absolute Gasteiger partial charge is 0.0576 e. The zero-order chi connectivity index (χ0) is 12.1. The second kappa shape index (κ2) is 6.19. The van der Waals surface area contributed by atoms with Crippen LogP contribution in [0.5, 0.6) is 0 Å². The van der Waals surface area contributed by atoms with E-state index in [0.29, 0.717) is 6.10 Å². The largest absolute Gasteiger partial charge is 0.378 e. The van der Waals surface area contributed by atoms with E-state index in [0.717, 1.165) is 12.5 Å². The molecule has 1 saturated carbocycles. The zero-order valence-corrected chi connectivity index (χ0v) is 11.4. The molecule has 3 atom stereocenters. The summed E-state index contributed by atoms with van der Waals surface area (Å²) in [5, 5.41) is 0. The molecule has 0 aromatic rings. The number of hydrogen-bond acceptors (Lipinski definition) is 2. The molecule has 2 N–H and O–H groups in total. The summed E-state index contributed by atoms with van der Waals surface area (Å²) in [6, 6.07) is 0. The van der Waals surface area contributed by atoms with E-state index in [1.165, 1.54) is 64.2 Å². The van der Waals surface area contributed by atoms with E-state index >= 15 is 0 Å². The van der Waals surface area contributed by atoms with Gasteiger partial charge in [-0.1, -0.05) is 19.8 Å². The average molecular weight is 239 g/mol. The molecule has 2 fully saturated rings. The van der Waals surface area contributed by atoms with Crippen LogP contribution in [0.25, 0.3) is 0 Å². The Balaban J connectivity index is 1.68. The minimum absolute atomic E-state index is 0.142. The molecular weight excluding hydrogens is 210 g/mol. The average Bonchev–Trinajstić information content (AvgIpc) is 2.74. The molecule has 0 bridgehead atoms. The second-order valence-electron chi connectivity index (χ2n) is 6.43. The van der Waals surface area contributed by atoms with Crippen LogP contribution in [0, 0.1) is 5.92 Å². The van der Waals surface area contributed by atoms with E-state index in [1.807, 2.05) is 0 Å². The highest BCUT2D eigenvalue weighted by Crippen LogP contribution is 2.32. The molecule has 0 radical (unpaired) electrons. The highest BCUT2D eigenvalue weighted by molar-refractivity contribution is 4.87. The van der Waals surface area contributed by atoms with Gasteiger partial charge in [0.05, 0.1) is 6.10 Å². The van der Waals surface area contributed by atoms with Gasteiger partial charge in [0.25, 0.3) is 0 Å². The molecule has 3 unspecified atom stereocenters. The fraction of sp³-hybridized carbons (Fsp3) is 1.00.